The lowest BCUT2D eigenvalue weighted by Gasteiger charge is -2.21. The maximum atomic E-state index is 13.5. The highest BCUT2D eigenvalue weighted by Crippen LogP contribution is 2.20. The fourth-order valence-electron chi connectivity index (χ4n) is 5.14. The van der Waals surface area contributed by atoms with Crippen molar-refractivity contribution in [2.45, 2.75) is 58.4 Å². The Hall–Kier alpha value is -4.87. The van der Waals surface area contributed by atoms with Gasteiger partial charge in [0.25, 0.3) is 0 Å². The van der Waals surface area contributed by atoms with Gasteiger partial charge in [0.2, 0.25) is 11.8 Å². The van der Waals surface area contributed by atoms with E-state index in [0.29, 0.717) is 34.1 Å². The molecule has 3 aromatic carbocycles. The third kappa shape index (κ3) is 12.3. The first-order valence-corrected chi connectivity index (χ1v) is 17.1. The van der Waals surface area contributed by atoms with Crippen molar-refractivity contribution < 1.29 is 19.1 Å². The minimum Gasteiger partial charge on any atom is -0.462 e. The second-order valence-electron chi connectivity index (χ2n) is 11.6. The highest BCUT2D eigenvalue weighted by atomic mass is 35.5. The van der Waals surface area contributed by atoms with Gasteiger partial charge >= 0.3 is 5.97 Å². The van der Waals surface area contributed by atoms with Gasteiger partial charge in [0.15, 0.2) is 0 Å². The second kappa shape index (κ2) is 19.8. The number of esters is 1. The zero-order valence-corrected chi connectivity index (χ0v) is 28.8. The number of nitrogens with one attached hydrogen (secondary N) is 2. The third-order valence-electron chi connectivity index (χ3n) is 7.81. The normalized spacial score (nSPS) is 11.8. The summed E-state index contributed by atoms with van der Waals surface area (Å²) in [5.41, 5.74) is 2.99. The van der Waals surface area contributed by atoms with Gasteiger partial charge in [-0.3, -0.25) is 9.59 Å². The summed E-state index contributed by atoms with van der Waals surface area (Å²) in [5.74, 6) is -1.29. The summed E-state index contributed by atoms with van der Waals surface area (Å²) in [6, 6.07) is 20.2. The van der Waals surface area contributed by atoms with Crippen LogP contribution in [0.5, 0.6) is 0 Å². The number of carbonyl (C=O) groups is 3. The van der Waals surface area contributed by atoms with Crippen LogP contribution in [0, 0.1) is 0 Å². The Labute approximate surface area is 292 Å². The Morgan fingerprint density at radius 2 is 1.65 bits per heavy atom. The molecule has 0 aliphatic carbocycles. The summed E-state index contributed by atoms with van der Waals surface area (Å²) < 4.78 is 6.98. The van der Waals surface area contributed by atoms with Crippen LogP contribution >= 0.6 is 11.6 Å². The molecular formula is C37H44ClN7O4. The molecule has 4 aromatic rings. The minimum atomic E-state index is -0.892. The highest BCUT2D eigenvalue weighted by molar-refractivity contribution is 6.30. The number of anilines is 1. The molecule has 0 saturated carbocycles. The second-order valence-corrected chi connectivity index (χ2v) is 12.1. The monoisotopic (exact) mass is 685 g/mol. The van der Waals surface area contributed by atoms with E-state index in [9.17, 15) is 14.4 Å². The lowest BCUT2D eigenvalue weighted by atomic mass is 10.0. The average Bonchev–Trinajstić information content (AvgIpc) is 3.65. The molecule has 0 bridgehead atoms. The van der Waals surface area contributed by atoms with E-state index >= 15 is 0 Å². The zero-order chi connectivity index (χ0) is 34.8. The number of ether oxygens (including phenoxy) is 1. The summed E-state index contributed by atoms with van der Waals surface area (Å²) in [7, 11) is 0. The van der Waals surface area contributed by atoms with Crippen molar-refractivity contribution in [3.05, 3.63) is 107 Å². The fourth-order valence-corrected chi connectivity index (χ4v) is 5.32. The molecule has 0 radical (unpaired) electrons. The number of hydrogen-bond donors (Lipinski definition) is 2. The van der Waals surface area contributed by atoms with Crippen molar-refractivity contribution in [1.82, 2.24) is 30.4 Å². The van der Waals surface area contributed by atoms with Gasteiger partial charge in [-0.05, 0) is 96.9 Å². The number of nitrogens with zero attached hydrogens (tertiary/aromatic N) is 5. The quantitative estimate of drug-likeness (QED) is 0.0684. The number of aromatic nitrogens is 4. The van der Waals surface area contributed by atoms with Gasteiger partial charge in [0.1, 0.15) is 12.4 Å². The van der Waals surface area contributed by atoms with Gasteiger partial charge in [-0.1, -0.05) is 68.6 Å². The van der Waals surface area contributed by atoms with Crippen molar-refractivity contribution in [3.8, 4) is 5.69 Å². The van der Waals surface area contributed by atoms with Crippen LogP contribution < -0.4 is 10.6 Å². The standard InChI is InChI=1S/C37H44ClN7O4/c1-3-5-21-44(22-6-4-2)23-10-24-49-37(48)29-13-17-32(18-14-29)40-36(47)33(25-28-11-8-7-9-12-28)41-35(46)20-15-30-26-31(38)16-19-34(30)45-27-39-42-43-45/h7-9,11-20,26-27,33H,3-6,10,21-25H2,1-2H3,(H,40,47)(H,41,46). The van der Waals surface area contributed by atoms with Crippen molar-refractivity contribution in [3.63, 3.8) is 0 Å². The van der Waals surface area contributed by atoms with E-state index in [4.69, 9.17) is 16.3 Å². The Balaban J connectivity index is 1.35. The van der Waals surface area contributed by atoms with E-state index in [1.54, 1.807) is 48.5 Å². The van der Waals surface area contributed by atoms with E-state index in [1.807, 2.05) is 30.3 Å². The Morgan fingerprint density at radius 1 is 0.939 bits per heavy atom. The number of carbonyl (C=O) groups excluding carboxylic acids is 3. The van der Waals surface area contributed by atoms with Crippen LogP contribution in [-0.2, 0) is 20.7 Å². The number of rotatable bonds is 19. The molecular weight excluding hydrogens is 642 g/mol. The number of hydrogen-bond acceptors (Lipinski definition) is 8. The number of unbranched alkanes of at least 4 members (excludes halogenated alkanes) is 2. The average molecular weight is 686 g/mol. The largest absolute Gasteiger partial charge is 0.462 e. The first kappa shape index (κ1) is 37.0. The molecule has 258 valence electrons. The topological polar surface area (TPSA) is 131 Å². The Bertz CT molecular complexity index is 1640. The van der Waals surface area contributed by atoms with Crippen LogP contribution in [0.1, 0.15) is 67.4 Å². The van der Waals surface area contributed by atoms with Crippen molar-refractivity contribution in [1.29, 1.82) is 0 Å². The summed E-state index contributed by atoms with van der Waals surface area (Å²) in [6.07, 6.45) is 10.0. The Morgan fingerprint density at radius 3 is 2.33 bits per heavy atom. The predicted molar refractivity (Wildman–Crippen MR) is 192 cm³/mol. The van der Waals surface area contributed by atoms with Gasteiger partial charge < -0.3 is 20.3 Å². The van der Waals surface area contributed by atoms with Crippen LogP contribution in [0.15, 0.2) is 85.2 Å². The van der Waals surface area contributed by atoms with E-state index in [-0.39, 0.29) is 6.42 Å². The van der Waals surface area contributed by atoms with E-state index in [0.717, 1.165) is 57.3 Å². The molecule has 1 heterocycles. The molecule has 0 aliphatic rings. The van der Waals surface area contributed by atoms with Crippen LogP contribution in [0.3, 0.4) is 0 Å². The molecule has 0 spiro atoms. The Kier molecular flexibility index (Phi) is 15.0. The molecule has 11 nitrogen and oxygen atoms in total. The molecule has 0 aliphatic heterocycles. The first-order valence-electron chi connectivity index (χ1n) is 16.7. The fraction of sp³-hybridized carbons (Fsp3) is 0.351. The first-order chi connectivity index (χ1) is 23.9. The predicted octanol–water partition coefficient (Wildman–Crippen LogP) is 6.14. The van der Waals surface area contributed by atoms with Gasteiger partial charge in [-0.15, -0.1) is 5.10 Å². The molecule has 1 atom stereocenters. The molecule has 4 rings (SSSR count). The van der Waals surface area contributed by atoms with Crippen LogP contribution in [-0.4, -0.2) is 75.2 Å². The van der Waals surface area contributed by atoms with Gasteiger partial charge in [-0.2, -0.15) is 4.68 Å². The molecule has 1 unspecified atom stereocenters. The minimum absolute atomic E-state index is 0.262. The summed E-state index contributed by atoms with van der Waals surface area (Å²) in [5, 5.41) is 17.4. The number of tetrazole rings is 1. The number of benzene rings is 3. The van der Waals surface area contributed by atoms with Crippen LogP contribution in [0.4, 0.5) is 5.69 Å². The van der Waals surface area contributed by atoms with Gasteiger partial charge in [0, 0.05) is 35.3 Å². The van der Waals surface area contributed by atoms with Crippen LogP contribution in [0.2, 0.25) is 5.02 Å². The van der Waals surface area contributed by atoms with Crippen molar-refractivity contribution >= 4 is 41.1 Å². The van der Waals surface area contributed by atoms with Crippen LogP contribution in [0.25, 0.3) is 11.8 Å². The molecule has 1 aromatic heterocycles. The highest BCUT2D eigenvalue weighted by Gasteiger charge is 2.21. The molecule has 0 saturated heterocycles. The maximum absolute atomic E-state index is 13.5. The summed E-state index contributed by atoms with van der Waals surface area (Å²) in [4.78, 5) is 41.7. The molecule has 0 fully saturated rings. The number of halogens is 1. The van der Waals surface area contributed by atoms with Crippen molar-refractivity contribution in [2.24, 2.45) is 0 Å². The smallest absolute Gasteiger partial charge is 0.338 e. The molecule has 12 heteroatoms. The number of amides is 2. The zero-order valence-electron chi connectivity index (χ0n) is 28.1. The van der Waals surface area contributed by atoms with E-state index < -0.39 is 23.8 Å². The molecule has 49 heavy (non-hydrogen) atoms. The SMILES string of the molecule is CCCCN(CCCC)CCCOC(=O)c1ccc(NC(=O)C(Cc2ccccc2)NC(=O)C=Cc2cc(Cl)ccc2-n2cnnn2)cc1. The lowest BCUT2D eigenvalue weighted by Crippen LogP contribution is -2.44. The summed E-state index contributed by atoms with van der Waals surface area (Å²) >= 11 is 6.20. The lowest BCUT2D eigenvalue weighted by molar-refractivity contribution is -0.123. The van der Waals surface area contributed by atoms with E-state index in [2.05, 4.69) is 44.9 Å². The molecule has 2 N–H and O–H groups in total. The van der Waals surface area contributed by atoms with Gasteiger partial charge in [-0.25, -0.2) is 4.79 Å². The van der Waals surface area contributed by atoms with Gasteiger partial charge in [0.05, 0.1) is 17.9 Å². The third-order valence-corrected chi connectivity index (χ3v) is 8.05. The summed E-state index contributed by atoms with van der Waals surface area (Å²) in [6.45, 7) is 7.76. The van der Waals surface area contributed by atoms with E-state index in [1.165, 1.54) is 17.1 Å². The molecule has 2 amide bonds. The van der Waals surface area contributed by atoms with Crippen molar-refractivity contribution in [2.75, 3.05) is 31.6 Å². The maximum Gasteiger partial charge on any atom is 0.338 e.